The first kappa shape index (κ1) is 9.79. The number of halogens is 1. The van der Waals surface area contributed by atoms with E-state index in [1.807, 2.05) is 24.3 Å². The molecule has 0 saturated carbocycles. The average Bonchev–Trinajstić information content (AvgIpc) is 2.36. The van der Waals surface area contributed by atoms with Crippen molar-refractivity contribution >= 4 is 51.0 Å². The molecule has 2 nitrogen and oxygen atoms in total. The van der Waals surface area contributed by atoms with E-state index in [1.165, 1.54) is 0 Å². The number of aromatic nitrogens is 2. The first-order chi connectivity index (χ1) is 7.79. The third-order valence-corrected chi connectivity index (χ3v) is 3.46. The zero-order valence-corrected chi connectivity index (χ0v) is 9.90. The van der Waals surface area contributed by atoms with Crippen LogP contribution in [-0.4, -0.2) is 17.8 Å². The van der Waals surface area contributed by atoms with Crippen molar-refractivity contribution in [3.8, 4) is 0 Å². The molecular weight excluding hydrogens is 263 g/mol. The van der Waals surface area contributed by atoms with Crippen LogP contribution in [0.5, 0.6) is 0 Å². The van der Waals surface area contributed by atoms with Gasteiger partial charge in [0.1, 0.15) is 7.85 Å². The molecule has 0 spiro atoms. The van der Waals surface area contributed by atoms with Gasteiger partial charge in [0.15, 0.2) is 0 Å². The van der Waals surface area contributed by atoms with Crippen LogP contribution in [0.1, 0.15) is 0 Å². The second-order valence-corrected chi connectivity index (χ2v) is 4.32. The van der Waals surface area contributed by atoms with E-state index in [0.29, 0.717) is 5.46 Å². The summed E-state index contributed by atoms with van der Waals surface area (Å²) in [6.07, 6.45) is 3.52. The normalized spacial score (nSPS) is 11.1. The summed E-state index contributed by atoms with van der Waals surface area (Å²) in [6, 6.07) is 7.70. The van der Waals surface area contributed by atoms with Crippen LogP contribution in [0.25, 0.3) is 21.8 Å². The van der Waals surface area contributed by atoms with E-state index in [2.05, 4.69) is 25.9 Å². The number of hydrogen-bond acceptors (Lipinski definition) is 2. The lowest BCUT2D eigenvalue weighted by molar-refractivity contribution is 1.37. The summed E-state index contributed by atoms with van der Waals surface area (Å²) in [4.78, 5) is 8.71. The Balaban J connectivity index is 2.69. The lowest BCUT2D eigenvalue weighted by Crippen LogP contribution is -2.08. The molecule has 2 aromatic heterocycles. The molecule has 0 bridgehead atoms. The largest absolute Gasteiger partial charge is 0.254 e. The Kier molecular flexibility index (Phi) is 2.18. The van der Waals surface area contributed by atoms with Crippen LogP contribution < -0.4 is 5.46 Å². The van der Waals surface area contributed by atoms with Crippen LogP contribution in [0.4, 0.5) is 0 Å². The Morgan fingerprint density at radius 2 is 1.50 bits per heavy atom. The van der Waals surface area contributed by atoms with E-state index in [0.717, 1.165) is 26.3 Å². The van der Waals surface area contributed by atoms with Gasteiger partial charge >= 0.3 is 0 Å². The molecular formula is C12H6BBrN2. The van der Waals surface area contributed by atoms with Gasteiger partial charge in [-0.05, 0) is 17.5 Å². The smallest absolute Gasteiger partial charge is 0.116 e. The molecule has 0 aliphatic rings. The Morgan fingerprint density at radius 1 is 0.938 bits per heavy atom. The van der Waals surface area contributed by atoms with E-state index in [4.69, 9.17) is 7.85 Å². The predicted octanol–water partition coefficient (Wildman–Crippen LogP) is 2.34. The molecule has 0 N–H and O–H groups in total. The van der Waals surface area contributed by atoms with Gasteiger partial charge in [-0.2, -0.15) is 0 Å². The highest BCUT2D eigenvalue weighted by Crippen LogP contribution is 2.26. The molecule has 0 aliphatic carbocycles. The summed E-state index contributed by atoms with van der Waals surface area (Å²) < 4.78 is 0.885. The highest BCUT2D eigenvalue weighted by molar-refractivity contribution is 9.10. The summed E-state index contributed by atoms with van der Waals surface area (Å²) in [5, 5.41) is 1.92. The van der Waals surface area contributed by atoms with Crippen molar-refractivity contribution in [2.24, 2.45) is 0 Å². The highest BCUT2D eigenvalue weighted by atomic mass is 79.9. The summed E-state index contributed by atoms with van der Waals surface area (Å²) in [6.45, 7) is 0. The lowest BCUT2D eigenvalue weighted by Gasteiger charge is -2.08. The number of rotatable bonds is 0. The first-order valence-electron chi connectivity index (χ1n) is 4.85. The molecule has 0 unspecified atom stereocenters. The van der Waals surface area contributed by atoms with Crippen molar-refractivity contribution in [2.45, 2.75) is 0 Å². The molecule has 1 aromatic carbocycles. The number of fused-ring (bicyclic) bond motifs is 3. The van der Waals surface area contributed by atoms with Gasteiger partial charge in [-0.3, -0.25) is 9.97 Å². The topological polar surface area (TPSA) is 25.8 Å². The second kappa shape index (κ2) is 3.56. The monoisotopic (exact) mass is 268 g/mol. The van der Waals surface area contributed by atoms with E-state index in [-0.39, 0.29) is 0 Å². The van der Waals surface area contributed by atoms with Crippen LogP contribution in [0, 0.1) is 0 Å². The zero-order valence-electron chi connectivity index (χ0n) is 8.31. The summed E-state index contributed by atoms with van der Waals surface area (Å²) in [7, 11) is 6.07. The van der Waals surface area contributed by atoms with Crippen LogP contribution in [0.15, 0.2) is 41.1 Å². The molecule has 16 heavy (non-hydrogen) atoms. The third kappa shape index (κ3) is 1.26. The van der Waals surface area contributed by atoms with Crippen LogP contribution in [0.2, 0.25) is 0 Å². The van der Waals surface area contributed by atoms with Gasteiger partial charge in [0.25, 0.3) is 0 Å². The van der Waals surface area contributed by atoms with Gasteiger partial charge in [-0.15, -0.1) is 0 Å². The van der Waals surface area contributed by atoms with Crippen LogP contribution in [-0.2, 0) is 0 Å². The molecule has 74 valence electrons. The Morgan fingerprint density at radius 3 is 2.19 bits per heavy atom. The van der Waals surface area contributed by atoms with E-state index < -0.39 is 0 Å². The molecule has 3 aromatic rings. The predicted molar refractivity (Wildman–Crippen MR) is 70.1 cm³/mol. The maximum absolute atomic E-state index is 6.07. The molecule has 0 saturated heterocycles. The fourth-order valence-electron chi connectivity index (χ4n) is 1.85. The molecule has 4 heteroatoms. The summed E-state index contributed by atoms with van der Waals surface area (Å²) in [5.41, 5.74) is 2.43. The Labute approximate surface area is 102 Å². The van der Waals surface area contributed by atoms with Crippen molar-refractivity contribution in [3.05, 3.63) is 41.1 Å². The minimum Gasteiger partial charge on any atom is -0.254 e. The first-order valence-corrected chi connectivity index (χ1v) is 5.64. The standard InChI is InChI=1S/C12H6BBrN2/c13-9-7-3-1-5-15-11(7)12-8(10(9)14)4-2-6-16-12/h1-6H. The van der Waals surface area contributed by atoms with Crippen molar-refractivity contribution < 1.29 is 0 Å². The van der Waals surface area contributed by atoms with E-state index in [1.54, 1.807) is 12.4 Å². The fraction of sp³-hybridized carbons (Fsp3) is 0. The Hall–Kier alpha value is -1.42. The quantitative estimate of drug-likeness (QED) is 0.462. The van der Waals surface area contributed by atoms with Crippen LogP contribution in [0.3, 0.4) is 0 Å². The Bertz CT molecular complexity index is 636. The van der Waals surface area contributed by atoms with E-state index in [9.17, 15) is 0 Å². The lowest BCUT2D eigenvalue weighted by atomic mass is 9.90. The molecule has 3 rings (SSSR count). The number of hydrogen-bond donors (Lipinski definition) is 0. The number of pyridine rings is 2. The average molecular weight is 269 g/mol. The van der Waals surface area contributed by atoms with Crippen molar-refractivity contribution in [1.82, 2.24) is 9.97 Å². The van der Waals surface area contributed by atoms with Gasteiger partial charge in [-0.25, -0.2) is 0 Å². The maximum atomic E-state index is 6.07. The molecule has 0 atom stereocenters. The molecule has 0 fully saturated rings. The van der Waals surface area contributed by atoms with Crippen LogP contribution >= 0.6 is 15.9 Å². The number of benzene rings is 1. The minimum atomic E-state index is 0.712. The van der Waals surface area contributed by atoms with Gasteiger partial charge in [-0.1, -0.05) is 33.5 Å². The second-order valence-electron chi connectivity index (χ2n) is 3.53. The van der Waals surface area contributed by atoms with Crippen molar-refractivity contribution in [1.29, 1.82) is 0 Å². The minimum absolute atomic E-state index is 0.712. The van der Waals surface area contributed by atoms with Crippen molar-refractivity contribution in [3.63, 3.8) is 0 Å². The highest BCUT2D eigenvalue weighted by Gasteiger charge is 2.09. The third-order valence-electron chi connectivity index (χ3n) is 2.60. The van der Waals surface area contributed by atoms with Gasteiger partial charge in [0.05, 0.1) is 11.0 Å². The van der Waals surface area contributed by atoms with Gasteiger partial charge in [0, 0.05) is 22.3 Å². The van der Waals surface area contributed by atoms with Gasteiger partial charge < -0.3 is 0 Å². The van der Waals surface area contributed by atoms with Crippen molar-refractivity contribution in [2.75, 3.05) is 0 Å². The molecule has 0 aliphatic heterocycles. The fourth-order valence-corrected chi connectivity index (χ4v) is 2.38. The number of nitrogens with zero attached hydrogens (tertiary/aromatic N) is 2. The maximum Gasteiger partial charge on any atom is 0.116 e. The summed E-state index contributed by atoms with van der Waals surface area (Å²) in [5.74, 6) is 0. The summed E-state index contributed by atoms with van der Waals surface area (Å²) >= 11 is 3.51. The SMILES string of the molecule is [B]c1c(Br)c2cccnc2c2ncccc12. The van der Waals surface area contributed by atoms with E-state index >= 15 is 0 Å². The molecule has 2 radical (unpaired) electrons. The zero-order chi connectivity index (χ0) is 11.1. The molecule has 2 heterocycles. The van der Waals surface area contributed by atoms with Gasteiger partial charge in [0.2, 0.25) is 0 Å². The molecule has 0 amide bonds.